The number of sulfonamides is 1. The van der Waals surface area contributed by atoms with Crippen molar-refractivity contribution in [1.29, 1.82) is 0 Å². The van der Waals surface area contributed by atoms with E-state index in [-0.39, 0.29) is 23.2 Å². The highest BCUT2D eigenvalue weighted by atomic mass is 35.5. The Kier molecular flexibility index (Phi) is 8.14. The van der Waals surface area contributed by atoms with Crippen molar-refractivity contribution >= 4 is 39.1 Å². The summed E-state index contributed by atoms with van der Waals surface area (Å²) in [5.74, 6) is 4.78. The van der Waals surface area contributed by atoms with E-state index in [2.05, 4.69) is 10.1 Å². The van der Waals surface area contributed by atoms with Gasteiger partial charge in [0.1, 0.15) is 0 Å². The van der Waals surface area contributed by atoms with Gasteiger partial charge < -0.3 is 0 Å². The summed E-state index contributed by atoms with van der Waals surface area (Å²) in [6.07, 6.45) is 2.46. The molecule has 2 aromatic carbocycles. The minimum atomic E-state index is -3.54. The minimum Gasteiger partial charge on any atom is -0.294 e. The highest BCUT2D eigenvalue weighted by Crippen LogP contribution is 2.22. The highest BCUT2D eigenvalue weighted by Gasteiger charge is 2.16. The van der Waals surface area contributed by atoms with Gasteiger partial charge in [-0.25, -0.2) is 19.0 Å². The first-order valence-corrected chi connectivity index (χ1v) is 9.00. The number of unbranched alkanes of at least 4 members (excludes halogenated alkanes) is 2. The third kappa shape index (κ3) is 5.45. The molecule has 8 heteroatoms. The van der Waals surface area contributed by atoms with Crippen molar-refractivity contribution in [2.24, 2.45) is 5.84 Å². The topological polar surface area (TPSA) is 101 Å². The number of fused-ring (bicyclic) bond motifs is 1. The SMILES string of the molecule is Cl.NNC(=O)CCCCCNS(=O)(=O)c1cccc2ccccc12. The van der Waals surface area contributed by atoms with E-state index in [1.165, 1.54) is 0 Å². The van der Waals surface area contributed by atoms with Gasteiger partial charge in [0.05, 0.1) is 4.90 Å². The normalized spacial score (nSPS) is 11.0. The van der Waals surface area contributed by atoms with Gasteiger partial charge >= 0.3 is 0 Å². The Hall–Kier alpha value is -1.67. The molecule has 0 spiro atoms. The largest absolute Gasteiger partial charge is 0.294 e. The number of amides is 1. The Labute approximate surface area is 148 Å². The van der Waals surface area contributed by atoms with Gasteiger partial charge in [0.15, 0.2) is 0 Å². The zero-order chi connectivity index (χ0) is 16.7. The van der Waals surface area contributed by atoms with Crippen LogP contribution in [0.15, 0.2) is 47.4 Å². The van der Waals surface area contributed by atoms with E-state index in [0.717, 1.165) is 11.8 Å². The number of hydrogen-bond donors (Lipinski definition) is 3. The molecule has 0 aliphatic heterocycles. The highest BCUT2D eigenvalue weighted by molar-refractivity contribution is 7.89. The van der Waals surface area contributed by atoms with Crippen LogP contribution in [-0.4, -0.2) is 20.9 Å². The summed E-state index contributed by atoms with van der Waals surface area (Å²) >= 11 is 0. The average Bonchev–Trinajstić information content (AvgIpc) is 2.57. The van der Waals surface area contributed by atoms with Crippen molar-refractivity contribution in [1.82, 2.24) is 10.1 Å². The number of nitrogens with two attached hydrogens (primary N) is 1. The van der Waals surface area contributed by atoms with Crippen LogP contribution < -0.4 is 16.0 Å². The van der Waals surface area contributed by atoms with Crippen LogP contribution in [-0.2, 0) is 14.8 Å². The van der Waals surface area contributed by atoms with Gasteiger partial charge in [-0.05, 0) is 24.3 Å². The van der Waals surface area contributed by atoms with Crippen LogP contribution in [0.25, 0.3) is 10.8 Å². The van der Waals surface area contributed by atoms with Crippen molar-refractivity contribution in [3.05, 3.63) is 42.5 Å². The maximum Gasteiger partial charge on any atom is 0.241 e. The third-order valence-electron chi connectivity index (χ3n) is 3.57. The predicted molar refractivity (Wildman–Crippen MR) is 97.2 cm³/mol. The van der Waals surface area contributed by atoms with Gasteiger partial charge in [0.2, 0.25) is 15.9 Å². The Bertz CT molecular complexity index is 776. The summed E-state index contributed by atoms with van der Waals surface area (Å²) in [5, 5.41) is 1.60. The molecule has 0 saturated heterocycles. The van der Waals surface area contributed by atoms with Crippen LogP contribution in [0.1, 0.15) is 25.7 Å². The van der Waals surface area contributed by atoms with E-state index in [9.17, 15) is 13.2 Å². The molecule has 0 radical (unpaired) electrons. The van der Waals surface area contributed by atoms with Crippen LogP contribution in [0, 0.1) is 0 Å². The number of hydrazine groups is 1. The second-order valence-corrected chi connectivity index (χ2v) is 6.99. The Balaban J connectivity index is 0.00000288. The second-order valence-electron chi connectivity index (χ2n) is 5.25. The Morgan fingerprint density at radius 3 is 2.46 bits per heavy atom. The van der Waals surface area contributed by atoms with E-state index < -0.39 is 10.0 Å². The fourth-order valence-corrected chi connectivity index (χ4v) is 3.68. The molecule has 0 bridgehead atoms. The molecular weight excluding hydrogens is 350 g/mol. The van der Waals surface area contributed by atoms with Crippen molar-refractivity contribution < 1.29 is 13.2 Å². The number of benzene rings is 2. The molecule has 0 saturated carbocycles. The van der Waals surface area contributed by atoms with E-state index in [4.69, 9.17) is 5.84 Å². The van der Waals surface area contributed by atoms with Crippen LogP contribution in [0.2, 0.25) is 0 Å². The first kappa shape index (κ1) is 20.4. The van der Waals surface area contributed by atoms with Crippen LogP contribution in [0.5, 0.6) is 0 Å². The Morgan fingerprint density at radius 2 is 1.71 bits per heavy atom. The fraction of sp³-hybridized carbons (Fsp3) is 0.312. The molecule has 0 aliphatic rings. The number of halogens is 1. The summed E-state index contributed by atoms with van der Waals surface area (Å²) in [5.41, 5.74) is 2.07. The van der Waals surface area contributed by atoms with Gasteiger partial charge in [0, 0.05) is 18.4 Å². The Morgan fingerprint density at radius 1 is 1.00 bits per heavy atom. The molecule has 0 atom stereocenters. The maximum atomic E-state index is 12.4. The fourth-order valence-electron chi connectivity index (χ4n) is 2.37. The first-order chi connectivity index (χ1) is 11.0. The lowest BCUT2D eigenvalue weighted by molar-refractivity contribution is -0.121. The number of hydrogen-bond acceptors (Lipinski definition) is 4. The van der Waals surface area contributed by atoms with E-state index in [1.807, 2.05) is 24.3 Å². The van der Waals surface area contributed by atoms with Crippen LogP contribution >= 0.6 is 12.4 Å². The van der Waals surface area contributed by atoms with E-state index in [0.29, 0.717) is 31.2 Å². The third-order valence-corrected chi connectivity index (χ3v) is 5.09. The number of carbonyl (C=O) groups is 1. The molecule has 132 valence electrons. The smallest absolute Gasteiger partial charge is 0.241 e. The van der Waals surface area contributed by atoms with Crippen molar-refractivity contribution in [2.75, 3.05) is 6.54 Å². The van der Waals surface area contributed by atoms with Gasteiger partial charge in [-0.15, -0.1) is 12.4 Å². The quantitative estimate of drug-likeness (QED) is 0.286. The summed E-state index contributed by atoms with van der Waals surface area (Å²) in [6, 6.07) is 12.6. The summed E-state index contributed by atoms with van der Waals surface area (Å²) < 4.78 is 27.5. The molecule has 24 heavy (non-hydrogen) atoms. The summed E-state index contributed by atoms with van der Waals surface area (Å²) in [7, 11) is -3.54. The number of carbonyl (C=O) groups excluding carboxylic acids is 1. The van der Waals surface area contributed by atoms with E-state index in [1.54, 1.807) is 18.2 Å². The summed E-state index contributed by atoms with van der Waals surface area (Å²) in [6.45, 7) is 0.343. The molecule has 2 aromatic rings. The molecule has 0 unspecified atom stereocenters. The number of rotatable bonds is 8. The average molecular weight is 372 g/mol. The lowest BCUT2D eigenvalue weighted by Gasteiger charge is -2.09. The lowest BCUT2D eigenvalue weighted by Crippen LogP contribution is -2.29. The number of nitrogens with one attached hydrogen (secondary N) is 2. The molecule has 1 amide bonds. The predicted octanol–water partition coefficient (Wildman–Crippen LogP) is 2.09. The molecule has 0 aromatic heterocycles. The van der Waals surface area contributed by atoms with Gasteiger partial charge in [0.25, 0.3) is 0 Å². The molecule has 4 N–H and O–H groups in total. The first-order valence-electron chi connectivity index (χ1n) is 7.51. The zero-order valence-corrected chi connectivity index (χ0v) is 14.8. The molecule has 2 rings (SSSR count). The van der Waals surface area contributed by atoms with Gasteiger partial charge in [-0.2, -0.15) is 0 Å². The molecule has 6 nitrogen and oxygen atoms in total. The van der Waals surface area contributed by atoms with Crippen molar-refractivity contribution in [3.8, 4) is 0 Å². The molecule has 0 fully saturated rings. The van der Waals surface area contributed by atoms with Gasteiger partial charge in [-0.1, -0.05) is 42.8 Å². The summed E-state index contributed by atoms with van der Waals surface area (Å²) in [4.78, 5) is 11.3. The monoisotopic (exact) mass is 371 g/mol. The second kappa shape index (κ2) is 9.58. The van der Waals surface area contributed by atoms with Crippen LogP contribution in [0.4, 0.5) is 0 Å². The molecule has 0 aliphatic carbocycles. The zero-order valence-electron chi connectivity index (χ0n) is 13.2. The standard InChI is InChI=1S/C16H21N3O3S.ClH/c17-19-16(20)11-2-1-5-12-18-23(21,22)15-10-6-8-13-7-3-4-9-14(13)15;/h3-4,6-10,18H,1-2,5,11-12,17H2,(H,19,20);1H. The van der Waals surface area contributed by atoms with E-state index >= 15 is 0 Å². The van der Waals surface area contributed by atoms with Gasteiger partial charge in [-0.3, -0.25) is 10.2 Å². The van der Waals surface area contributed by atoms with Crippen molar-refractivity contribution in [3.63, 3.8) is 0 Å². The lowest BCUT2D eigenvalue weighted by atomic mass is 10.1. The minimum absolute atomic E-state index is 0. The van der Waals surface area contributed by atoms with Crippen molar-refractivity contribution in [2.45, 2.75) is 30.6 Å². The maximum absolute atomic E-state index is 12.4. The van der Waals surface area contributed by atoms with Crippen LogP contribution in [0.3, 0.4) is 0 Å². The molecular formula is C16H22ClN3O3S. The molecule has 0 heterocycles.